The molecule has 3 aromatic rings. The molecule has 0 radical (unpaired) electrons. The Kier molecular flexibility index (Phi) is 5.60. The Morgan fingerprint density at radius 1 is 1.21 bits per heavy atom. The fourth-order valence-corrected chi connectivity index (χ4v) is 4.26. The third kappa shape index (κ3) is 4.40. The van der Waals surface area contributed by atoms with Crippen molar-refractivity contribution >= 4 is 46.0 Å². The average molecular weight is 382 g/mol. The van der Waals surface area contributed by atoms with E-state index in [0.29, 0.717) is 28.0 Å². The van der Waals surface area contributed by atoms with E-state index < -0.39 is 5.76 Å². The van der Waals surface area contributed by atoms with Crippen LogP contribution in [-0.2, 0) is 11.2 Å². The summed E-state index contributed by atoms with van der Waals surface area (Å²) >= 11 is 3.49. The average Bonchev–Trinajstić information content (AvgIpc) is 3.19. The highest BCUT2D eigenvalue weighted by atomic mass is 32.2. The van der Waals surface area contributed by atoms with Gasteiger partial charge in [-0.15, -0.1) is 22.7 Å². The Morgan fingerprint density at radius 2 is 2.04 bits per heavy atom. The van der Waals surface area contributed by atoms with Crippen molar-refractivity contribution in [3.63, 3.8) is 0 Å². The van der Waals surface area contributed by atoms with Crippen molar-refractivity contribution in [1.29, 1.82) is 0 Å². The van der Waals surface area contributed by atoms with Gasteiger partial charge in [-0.25, -0.2) is 4.98 Å². The highest BCUT2D eigenvalue weighted by molar-refractivity contribution is 7.99. The Labute approximate surface area is 149 Å². The maximum Gasteiger partial charge on any atom is 0.288 e. The summed E-state index contributed by atoms with van der Waals surface area (Å²) in [5.41, 5.74) is 1.06. The molecule has 8 heteroatoms. The molecule has 0 unspecified atom stereocenters. The predicted octanol–water partition coefficient (Wildman–Crippen LogP) is 5.37. The molecular weight excluding hydrogens is 370 g/mol. The summed E-state index contributed by atoms with van der Waals surface area (Å²) in [7, 11) is 0. The van der Waals surface area contributed by atoms with Gasteiger partial charge in [-0.3, -0.25) is 4.79 Å². The number of carbonyl (C=O) groups is 1. The van der Waals surface area contributed by atoms with E-state index in [1.54, 1.807) is 35.6 Å². The van der Waals surface area contributed by atoms with Gasteiger partial charge in [0.1, 0.15) is 5.01 Å². The van der Waals surface area contributed by atoms with Crippen LogP contribution in [0.2, 0.25) is 0 Å². The van der Waals surface area contributed by atoms with Gasteiger partial charge in [-0.05, 0) is 23.6 Å². The quantitative estimate of drug-likeness (QED) is 0.583. The molecule has 124 valence electrons. The van der Waals surface area contributed by atoms with Gasteiger partial charge in [-0.1, -0.05) is 30.0 Å². The molecule has 2 heterocycles. The number of thiazole rings is 1. The largest absolute Gasteiger partial charge is 0.325 e. The number of thiophene rings is 1. The van der Waals surface area contributed by atoms with E-state index in [2.05, 4.69) is 10.3 Å². The zero-order chi connectivity index (χ0) is 16.9. The first-order valence-corrected chi connectivity index (χ1v) is 9.57. The lowest BCUT2D eigenvalue weighted by molar-refractivity contribution is -0.115. The van der Waals surface area contributed by atoms with Gasteiger partial charge in [-0.2, -0.15) is 8.78 Å². The second-order valence-electron chi connectivity index (χ2n) is 4.72. The number of halogens is 2. The lowest BCUT2D eigenvalue weighted by Gasteiger charge is -2.09. The Morgan fingerprint density at radius 3 is 2.79 bits per heavy atom. The number of nitrogens with one attached hydrogen (secondary N) is 1. The number of anilines is 1. The van der Waals surface area contributed by atoms with Crippen LogP contribution in [0.25, 0.3) is 9.88 Å². The van der Waals surface area contributed by atoms with Crippen LogP contribution >= 0.6 is 34.4 Å². The minimum Gasteiger partial charge on any atom is -0.325 e. The molecule has 3 rings (SSSR count). The fraction of sp³-hybridized carbons (Fsp3) is 0.125. The molecule has 3 nitrogen and oxygen atoms in total. The molecule has 0 spiro atoms. The van der Waals surface area contributed by atoms with Crippen molar-refractivity contribution in [3.8, 4) is 9.88 Å². The van der Waals surface area contributed by atoms with E-state index in [9.17, 15) is 13.6 Å². The highest BCUT2D eigenvalue weighted by Gasteiger charge is 2.13. The second kappa shape index (κ2) is 7.87. The number of amides is 1. The molecule has 0 saturated carbocycles. The molecule has 24 heavy (non-hydrogen) atoms. The number of hydrogen-bond donors (Lipinski definition) is 1. The number of rotatable bonds is 6. The van der Waals surface area contributed by atoms with Gasteiger partial charge in [0.25, 0.3) is 5.76 Å². The molecule has 0 saturated heterocycles. The van der Waals surface area contributed by atoms with E-state index in [0.717, 1.165) is 9.88 Å². The number of para-hydroxylation sites is 1. The summed E-state index contributed by atoms with van der Waals surface area (Å²) in [6, 6.07) is 10.5. The number of alkyl halides is 2. The van der Waals surface area contributed by atoms with Crippen LogP contribution in [0.1, 0.15) is 5.69 Å². The van der Waals surface area contributed by atoms with E-state index in [1.807, 2.05) is 22.9 Å². The van der Waals surface area contributed by atoms with Gasteiger partial charge in [0.15, 0.2) is 0 Å². The third-order valence-electron chi connectivity index (χ3n) is 3.00. The number of aromatic nitrogens is 1. The molecule has 1 N–H and O–H groups in total. The molecule has 0 bridgehead atoms. The van der Waals surface area contributed by atoms with Crippen LogP contribution in [-0.4, -0.2) is 16.6 Å². The number of thioether (sulfide) groups is 1. The summed E-state index contributed by atoms with van der Waals surface area (Å²) < 4.78 is 25.1. The standard InChI is InChI=1S/C16H12F2N2OS3/c17-16(18)24-12-5-2-1-4-11(12)20-14(21)8-10-9-23-15(19-10)13-6-3-7-22-13/h1-7,9,16H,8H2,(H,20,21). The molecule has 1 aromatic carbocycles. The predicted molar refractivity (Wildman–Crippen MR) is 96.1 cm³/mol. The van der Waals surface area contributed by atoms with E-state index in [-0.39, 0.29) is 12.3 Å². The Bertz CT molecular complexity index is 818. The summed E-state index contributed by atoms with van der Waals surface area (Å²) in [4.78, 5) is 18.0. The van der Waals surface area contributed by atoms with Crippen molar-refractivity contribution in [2.45, 2.75) is 17.1 Å². The van der Waals surface area contributed by atoms with Gasteiger partial charge in [0.05, 0.1) is 22.7 Å². The van der Waals surface area contributed by atoms with Crippen LogP contribution in [0.4, 0.5) is 14.5 Å². The van der Waals surface area contributed by atoms with Crippen molar-refractivity contribution in [2.75, 3.05) is 5.32 Å². The first kappa shape index (κ1) is 17.1. The Hall–Kier alpha value is -1.77. The minimum absolute atomic E-state index is 0.107. The van der Waals surface area contributed by atoms with E-state index >= 15 is 0 Å². The summed E-state index contributed by atoms with van der Waals surface area (Å²) in [5.74, 6) is -2.81. The maximum absolute atomic E-state index is 12.6. The number of hydrogen-bond acceptors (Lipinski definition) is 5. The normalized spacial score (nSPS) is 11.0. The van der Waals surface area contributed by atoms with Crippen molar-refractivity contribution in [3.05, 3.63) is 52.9 Å². The summed E-state index contributed by atoms with van der Waals surface area (Å²) in [6.45, 7) is 0. The van der Waals surface area contributed by atoms with E-state index in [1.165, 1.54) is 11.3 Å². The van der Waals surface area contributed by atoms with Crippen molar-refractivity contribution in [1.82, 2.24) is 4.98 Å². The molecule has 2 aromatic heterocycles. The van der Waals surface area contributed by atoms with Crippen LogP contribution in [0.3, 0.4) is 0 Å². The number of benzene rings is 1. The zero-order valence-corrected chi connectivity index (χ0v) is 14.7. The van der Waals surface area contributed by atoms with Gasteiger partial charge >= 0.3 is 0 Å². The topological polar surface area (TPSA) is 42.0 Å². The van der Waals surface area contributed by atoms with Crippen LogP contribution < -0.4 is 5.32 Å². The van der Waals surface area contributed by atoms with Crippen LogP contribution in [0.5, 0.6) is 0 Å². The maximum atomic E-state index is 12.6. The van der Waals surface area contributed by atoms with Gasteiger partial charge in [0.2, 0.25) is 5.91 Å². The third-order valence-corrected chi connectivity index (χ3v) is 5.72. The monoisotopic (exact) mass is 382 g/mol. The highest BCUT2D eigenvalue weighted by Crippen LogP contribution is 2.32. The number of nitrogens with zero attached hydrogens (tertiary/aromatic N) is 1. The molecule has 0 aliphatic carbocycles. The van der Waals surface area contributed by atoms with Gasteiger partial charge in [0, 0.05) is 10.3 Å². The lowest BCUT2D eigenvalue weighted by Crippen LogP contribution is -2.15. The van der Waals surface area contributed by atoms with Crippen molar-refractivity contribution < 1.29 is 13.6 Å². The molecule has 0 fully saturated rings. The fourth-order valence-electron chi connectivity index (χ4n) is 2.03. The zero-order valence-electron chi connectivity index (χ0n) is 12.2. The molecule has 0 atom stereocenters. The smallest absolute Gasteiger partial charge is 0.288 e. The Balaban J connectivity index is 1.66. The summed E-state index contributed by atoms with van der Waals surface area (Å²) in [6.07, 6.45) is 0.107. The van der Waals surface area contributed by atoms with E-state index in [4.69, 9.17) is 0 Å². The second-order valence-corrected chi connectivity index (χ2v) is 7.56. The number of carbonyl (C=O) groups excluding carboxylic acids is 1. The van der Waals surface area contributed by atoms with Crippen LogP contribution in [0, 0.1) is 0 Å². The van der Waals surface area contributed by atoms with Crippen molar-refractivity contribution in [2.24, 2.45) is 0 Å². The lowest BCUT2D eigenvalue weighted by atomic mass is 10.3. The molecule has 0 aliphatic heterocycles. The first-order chi connectivity index (χ1) is 11.6. The molecular formula is C16H12F2N2OS3. The SMILES string of the molecule is O=C(Cc1csc(-c2cccs2)n1)Nc1ccccc1SC(F)F. The van der Waals surface area contributed by atoms with Gasteiger partial charge < -0.3 is 5.32 Å². The van der Waals surface area contributed by atoms with Crippen LogP contribution in [0.15, 0.2) is 52.1 Å². The summed E-state index contributed by atoms with van der Waals surface area (Å²) in [5, 5.41) is 7.37. The first-order valence-electron chi connectivity index (χ1n) is 6.94. The molecule has 1 amide bonds. The molecule has 0 aliphatic rings. The minimum atomic E-state index is -2.53.